The first-order chi connectivity index (χ1) is 8.13. The van der Waals surface area contributed by atoms with Crippen LogP contribution in [0.3, 0.4) is 0 Å². The fourth-order valence-corrected chi connectivity index (χ4v) is 1.78. The molecule has 2 N–H and O–H groups in total. The number of carbonyl (C=O) groups excluding carboxylic acids is 1. The van der Waals surface area contributed by atoms with E-state index in [2.05, 4.69) is 0 Å². The van der Waals surface area contributed by atoms with E-state index in [9.17, 15) is 4.79 Å². The summed E-state index contributed by atoms with van der Waals surface area (Å²) in [7, 11) is 0. The minimum absolute atomic E-state index is 0.0364. The van der Waals surface area contributed by atoms with Crippen molar-refractivity contribution in [3.63, 3.8) is 0 Å². The molecule has 0 unspecified atom stereocenters. The fraction of sp³-hybridized carbons (Fsp3) is 0.333. The second-order valence-electron chi connectivity index (χ2n) is 3.36. The third-order valence-corrected chi connectivity index (χ3v) is 2.74. The van der Waals surface area contributed by atoms with Crippen LogP contribution in [0.4, 0.5) is 0 Å². The summed E-state index contributed by atoms with van der Waals surface area (Å²) in [4.78, 5) is 11.4. The van der Waals surface area contributed by atoms with Crippen molar-refractivity contribution in [3.05, 3.63) is 33.8 Å². The van der Waals surface area contributed by atoms with Crippen molar-refractivity contribution in [1.82, 2.24) is 0 Å². The highest BCUT2D eigenvalue weighted by Gasteiger charge is 2.14. The fourth-order valence-electron chi connectivity index (χ4n) is 1.49. The van der Waals surface area contributed by atoms with Gasteiger partial charge >= 0.3 is 5.97 Å². The van der Waals surface area contributed by atoms with Gasteiger partial charge in [-0.25, -0.2) is 0 Å². The molecule has 0 fully saturated rings. The Bertz CT molecular complexity index is 466. The lowest BCUT2D eigenvalue weighted by molar-refractivity contribution is -0.142. The van der Waals surface area contributed by atoms with Crippen molar-refractivity contribution in [2.75, 3.05) is 6.61 Å². The monoisotopic (exact) mass is 252 g/mol. The Balaban J connectivity index is 3.11. The molecule has 5 heteroatoms. The summed E-state index contributed by atoms with van der Waals surface area (Å²) in [6.07, 6.45) is 0.0364. The molecule has 0 saturated carbocycles. The number of nitrogens with two attached hydrogens (primary N) is 1. The average Bonchev–Trinajstić information content (AvgIpc) is 2.32. The van der Waals surface area contributed by atoms with Crippen LogP contribution in [0.15, 0.2) is 12.1 Å². The quantitative estimate of drug-likeness (QED) is 0.829. The normalized spacial score (nSPS) is 9.76. The number of halogens is 1. The van der Waals surface area contributed by atoms with Gasteiger partial charge in [-0.2, -0.15) is 5.26 Å². The van der Waals surface area contributed by atoms with Gasteiger partial charge in [-0.3, -0.25) is 4.79 Å². The molecule has 0 radical (unpaired) electrons. The SMILES string of the molecule is CCOC(=O)Cc1c(CN)ccc(C#N)c1Cl. The number of hydrogen-bond donors (Lipinski definition) is 1. The Morgan fingerprint density at radius 3 is 2.82 bits per heavy atom. The summed E-state index contributed by atoms with van der Waals surface area (Å²) >= 11 is 6.05. The molecule has 17 heavy (non-hydrogen) atoms. The molecule has 0 atom stereocenters. The first-order valence-electron chi connectivity index (χ1n) is 5.20. The van der Waals surface area contributed by atoms with Crippen molar-refractivity contribution < 1.29 is 9.53 Å². The second kappa shape index (κ2) is 6.24. The zero-order chi connectivity index (χ0) is 12.8. The van der Waals surface area contributed by atoms with Crippen molar-refractivity contribution in [2.45, 2.75) is 19.9 Å². The molecule has 1 aromatic rings. The van der Waals surface area contributed by atoms with Gasteiger partial charge in [0.15, 0.2) is 0 Å². The van der Waals surface area contributed by atoms with Crippen molar-refractivity contribution in [3.8, 4) is 6.07 Å². The number of carbonyl (C=O) groups is 1. The van der Waals surface area contributed by atoms with E-state index >= 15 is 0 Å². The Hall–Kier alpha value is -1.57. The predicted octanol–water partition coefficient (Wildman–Crippen LogP) is 1.78. The molecule has 0 aromatic heterocycles. The van der Waals surface area contributed by atoms with Gasteiger partial charge in [0.2, 0.25) is 0 Å². The predicted molar refractivity (Wildman–Crippen MR) is 64.4 cm³/mol. The van der Waals surface area contributed by atoms with E-state index in [1.165, 1.54) is 0 Å². The van der Waals surface area contributed by atoms with Gasteiger partial charge < -0.3 is 10.5 Å². The van der Waals surface area contributed by atoms with Gasteiger partial charge in [0.1, 0.15) is 6.07 Å². The molecule has 1 rings (SSSR count). The smallest absolute Gasteiger partial charge is 0.310 e. The van der Waals surface area contributed by atoms with Crippen LogP contribution in [-0.4, -0.2) is 12.6 Å². The standard InChI is InChI=1S/C12H13ClN2O2/c1-2-17-11(16)5-10-8(6-14)3-4-9(7-15)12(10)13/h3-4H,2,5-6,14H2,1H3. The maximum Gasteiger partial charge on any atom is 0.310 e. The number of nitrogens with zero attached hydrogens (tertiary/aromatic N) is 1. The summed E-state index contributed by atoms with van der Waals surface area (Å²) in [5.41, 5.74) is 7.23. The van der Waals surface area contributed by atoms with Crippen LogP contribution in [0.25, 0.3) is 0 Å². The molecule has 0 aliphatic rings. The molecular weight excluding hydrogens is 240 g/mol. The summed E-state index contributed by atoms with van der Waals surface area (Å²) in [5.74, 6) is -0.376. The molecule has 90 valence electrons. The maximum atomic E-state index is 11.4. The number of benzene rings is 1. The molecular formula is C12H13ClN2O2. The molecule has 1 aromatic carbocycles. The van der Waals surface area contributed by atoms with E-state index in [0.717, 1.165) is 5.56 Å². The van der Waals surface area contributed by atoms with Gasteiger partial charge in [-0.1, -0.05) is 17.7 Å². The summed E-state index contributed by atoms with van der Waals surface area (Å²) in [5, 5.41) is 9.14. The molecule has 4 nitrogen and oxygen atoms in total. The molecule has 0 aliphatic carbocycles. The van der Waals surface area contributed by atoms with Gasteiger partial charge in [0.25, 0.3) is 0 Å². The van der Waals surface area contributed by atoms with Crippen molar-refractivity contribution in [2.24, 2.45) is 5.73 Å². The summed E-state index contributed by atoms with van der Waals surface area (Å²) < 4.78 is 4.85. The van der Waals surface area contributed by atoms with E-state index in [0.29, 0.717) is 17.7 Å². The topological polar surface area (TPSA) is 76.1 Å². The van der Waals surface area contributed by atoms with Gasteiger partial charge in [-0.05, 0) is 24.1 Å². The van der Waals surface area contributed by atoms with Gasteiger partial charge in [0, 0.05) is 6.54 Å². The number of rotatable bonds is 4. The zero-order valence-electron chi connectivity index (χ0n) is 9.50. The number of ether oxygens (including phenoxy) is 1. The highest BCUT2D eigenvalue weighted by atomic mass is 35.5. The molecule has 0 saturated heterocycles. The maximum absolute atomic E-state index is 11.4. The molecule has 0 aliphatic heterocycles. The van der Waals surface area contributed by atoms with Crippen LogP contribution >= 0.6 is 11.6 Å². The van der Waals surface area contributed by atoms with E-state index in [1.54, 1.807) is 19.1 Å². The zero-order valence-corrected chi connectivity index (χ0v) is 10.3. The van der Waals surface area contributed by atoms with Crippen molar-refractivity contribution in [1.29, 1.82) is 5.26 Å². The van der Waals surface area contributed by atoms with Crippen LogP contribution in [0.2, 0.25) is 5.02 Å². The van der Waals surface area contributed by atoms with Gasteiger partial charge in [0.05, 0.1) is 23.6 Å². The first kappa shape index (κ1) is 13.5. The first-order valence-corrected chi connectivity index (χ1v) is 5.57. The van der Waals surface area contributed by atoms with Crippen LogP contribution in [0, 0.1) is 11.3 Å². The van der Waals surface area contributed by atoms with E-state index in [-0.39, 0.29) is 24.0 Å². The lowest BCUT2D eigenvalue weighted by atomic mass is 10.0. The number of nitriles is 1. The van der Waals surface area contributed by atoms with Crippen LogP contribution in [0.1, 0.15) is 23.6 Å². The highest BCUT2D eigenvalue weighted by molar-refractivity contribution is 6.32. The summed E-state index contributed by atoms with van der Waals surface area (Å²) in [6, 6.07) is 5.27. The summed E-state index contributed by atoms with van der Waals surface area (Å²) in [6.45, 7) is 2.31. The minimum Gasteiger partial charge on any atom is -0.466 e. The van der Waals surface area contributed by atoms with E-state index in [1.807, 2.05) is 6.07 Å². The molecule has 0 heterocycles. The number of hydrogen-bond acceptors (Lipinski definition) is 4. The third-order valence-electron chi connectivity index (χ3n) is 2.31. The largest absolute Gasteiger partial charge is 0.466 e. The second-order valence-corrected chi connectivity index (χ2v) is 3.74. The molecule has 0 bridgehead atoms. The van der Waals surface area contributed by atoms with Gasteiger partial charge in [-0.15, -0.1) is 0 Å². The van der Waals surface area contributed by atoms with Crippen LogP contribution < -0.4 is 5.73 Å². The average molecular weight is 253 g/mol. The van der Waals surface area contributed by atoms with Crippen LogP contribution in [0.5, 0.6) is 0 Å². The Morgan fingerprint density at radius 2 is 2.29 bits per heavy atom. The third kappa shape index (κ3) is 3.19. The minimum atomic E-state index is -0.376. The lowest BCUT2D eigenvalue weighted by Crippen LogP contribution is -2.12. The van der Waals surface area contributed by atoms with E-state index in [4.69, 9.17) is 27.3 Å². The Kier molecular flexibility index (Phi) is 4.95. The highest BCUT2D eigenvalue weighted by Crippen LogP contribution is 2.25. The molecule has 0 amide bonds. The Labute approximate surface area is 105 Å². The Morgan fingerprint density at radius 1 is 1.59 bits per heavy atom. The van der Waals surface area contributed by atoms with Crippen LogP contribution in [-0.2, 0) is 22.5 Å². The van der Waals surface area contributed by atoms with E-state index < -0.39 is 0 Å². The molecule has 0 spiro atoms. The van der Waals surface area contributed by atoms with Crippen molar-refractivity contribution >= 4 is 17.6 Å². The lowest BCUT2D eigenvalue weighted by Gasteiger charge is -2.10. The number of esters is 1.